The second-order valence-electron chi connectivity index (χ2n) is 5.72. The number of hydrogen-bond donors (Lipinski definition) is 0. The molecule has 1 fully saturated rings. The van der Waals surface area contributed by atoms with Crippen LogP contribution in [0.3, 0.4) is 0 Å². The lowest BCUT2D eigenvalue weighted by Gasteiger charge is -2.26. The third kappa shape index (κ3) is 4.62. The maximum atomic E-state index is 5.12. The summed E-state index contributed by atoms with van der Waals surface area (Å²) in [5.41, 5.74) is 0. The Bertz CT molecular complexity index is 609. The second kappa shape index (κ2) is 8.57. The second-order valence-corrected chi connectivity index (χ2v) is 7.43. The van der Waals surface area contributed by atoms with Crippen LogP contribution in [0.4, 0.5) is 5.13 Å². The zero-order chi connectivity index (χ0) is 15.9. The van der Waals surface area contributed by atoms with Crippen molar-refractivity contribution in [2.75, 3.05) is 25.2 Å². The van der Waals surface area contributed by atoms with Crippen LogP contribution in [-0.4, -0.2) is 35.7 Å². The van der Waals surface area contributed by atoms with Gasteiger partial charge in [-0.3, -0.25) is 0 Å². The topological polar surface area (TPSA) is 38.2 Å². The molecule has 2 aromatic rings. The molecule has 124 valence electrons. The average molecular weight is 350 g/mol. The van der Waals surface area contributed by atoms with Gasteiger partial charge in [0.05, 0.1) is 6.61 Å². The molecule has 6 heteroatoms. The lowest BCUT2D eigenvalue weighted by Crippen LogP contribution is -2.33. The van der Waals surface area contributed by atoms with E-state index in [1.165, 1.54) is 42.1 Å². The Morgan fingerprint density at radius 1 is 1.39 bits per heavy atom. The van der Waals surface area contributed by atoms with E-state index in [4.69, 9.17) is 9.72 Å². The van der Waals surface area contributed by atoms with Crippen LogP contribution in [0.15, 0.2) is 23.6 Å². The Labute approximate surface area is 146 Å². The van der Waals surface area contributed by atoms with Crippen LogP contribution >= 0.6 is 22.9 Å². The van der Waals surface area contributed by atoms with Crippen molar-refractivity contribution in [2.24, 2.45) is 0 Å². The quantitative estimate of drug-likeness (QED) is 0.781. The number of rotatable bonds is 6. The fourth-order valence-electron chi connectivity index (χ4n) is 2.82. The molecular weight excluding hydrogens is 326 g/mol. The molecule has 0 N–H and O–H groups in total. The van der Waals surface area contributed by atoms with E-state index in [-0.39, 0.29) is 0 Å². The molecule has 0 bridgehead atoms. The fourth-order valence-corrected chi connectivity index (χ4v) is 4.25. The molecule has 0 aromatic carbocycles. The molecule has 0 aliphatic carbocycles. The van der Waals surface area contributed by atoms with Crippen molar-refractivity contribution in [2.45, 2.75) is 38.1 Å². The maximum Gasteiger partial charge on any atom is 0.205 e. The number of aromatic nitrogens is 2. The molecule has 1 unspecified atom stereocenters. The lowest BCUT2D eigenvalue weighted by molar-refractivity contribution is 0.201. The number of anilines is 1. The summed E-state index contributed by atoms with van der Waals surface area (Å²) in [6, 6.07) is 4.68. The Balaban J connectivity index is 1.74. The molecule has 0 spiro atoms. The van der Waals surface area contributed by atoms with Gasteiger partial charge in [-0.15, -0.1) is 11.3 Å². The summed E-state index contributed by atoms with van der Waals surface area (Å²) < 4.78 is 9.61. The van der Waals surface area contributed by atoms with E-state index in [0.717, 1.165) is 23.9 Å². The Hall–Kier alpha value is -1.24. The van der Waals surface area contributed by atoms with Crippen molar-refractivity contribution >= 4 is 34.1 Å². The Kier molecular flexibility index (Phi) is 6.19. The van der Waals surface area contributed by atoms with Gasteiger partial charge in [-0.05, 0) is 30.4 Å². The van der Waals surface area contributed by atoms with E-state index in [2.05, 4.69) is 38.9 Å². The smallest absolute Gasteiger partial charge is 0.205 e. The van der Waals surface area contributed by atoms with Gasteiger partial charge >= 0.3 is 0 Å². The van der Waals surface area contributed by atoms with Crippen LogP contribution in [0.25, 0.3) is 6.08 Å². The van der Waals surface area contributed by atoms with Crippen LogP contribution in [0.1, 0.15) is 36.4 Å². The van der Waals surface area contributed by atoms with Gasteiger partial charge < -0.3 is 9.64 Å². The zero-order valence-electron chi connectivity index (χ0n) is 13.5. The number of nitrogens with zero attached hydrogens (tertiary/aromatic N) is 3. The first-order valence-electron chi connectivity index (χ1n) is 8.16. The third-order valence-electron chi connectivity index (χ3n) is 4.06. The predicted octanol–water partition coefficient (Wildman–Crippen LogP) is 4.25. The first-order chi connectivity index (χ1) is 11.4. The molecular formula is C17H23N3OS2. The van der Waals surface area contributed by atoms with Gasteiger partial charge in [0.2, 0.25) is 5.13 Å². The van der Waals surface area contributed by atoms with E-state index in [1.807, 2.05) is 0 Å². The van der Waals surface area contributed by atoms with Gasteiger partial charge in [0.1, 0.15) is 5.82 Å². The summed E-state index contributed by atoms with van der Waals surface area (Å²) >= 11 is 3.30. The van der Waals surface area contributed by atoms with Gasteiger partial charge in [-0.2, -0.15) is 4.37 Å². The number of ether oxygens (including phenoxy) is 1. The highest BCUT2D eigenvalue weighted by molar-refractivity contribution is 7.10. The SMILES string of the molecule is COCCc1nsc(N2CCCCCC2/C=C/c2cccs2)n1. The highest BCUT2D eigenvalue weighted by Gasteiger charge is 2.22. The summed E-state index contributed by atoms with van der Waals surface area (Å²) in [5.74, 6) is 0.900. The minimum Gasteiger partial charge on any atom is -0.384 e. The molecule has 3 rings (SSSR count). The van der Waals surface area contributed by atoms with E-state index < -0.39 is 0 Å². The van der Waals surface area contributed by atoms with Crippen molar-refractivity contribution in [3.05, 3.63) is 34.3 Å². The molecule has 0 radical (unpaired) electrons. The van der Waals surface area contributed by atoms with E-state index >= 15 is 0 Å². The van der Waals surface area contributed by atoms with E-state index in [9.17, 15) is 0 Å². The van der Waals surface area contributed by atoms with Crippen LogP contribution in [-0.2, 0) is 11.2 Å². The van der Waals surface area contributed by atoms with Crippen molar-refractivity contribution in [1.82, 2.24) is 9.36 Å². The molecule has 1 aliphatic heterocycles. The highest BCUT2D eigenvalue weighted by atomic mass is 32.1. The van der Waals surface area contributed by atoms with Crippen molar-refractivity contribution in [1.29, 1.82) is 0 Å². The Morgan fingerprint density at radius 2 is 2.35 bits per heavy atom. The van der Waals surface area contributed by atoms with Gasteiger partial charge in [-0.25, -0.2) is 4.98 Å². The van der Waals surface area contributed by atoms with Gasteiger partial charge in [-0.1, -0.05) is 25.0 Å². The lowest BCUT2D eigenvalue weighted by atomic mass is 10.1. The predicted molar refractivity (Wildman–Crippen MR) is 98.4 cm³/mol. The molecule has 1 saturated heterocycles. The Morgan fingerprint density at radius 3 is 3.17 bits per heavy atom. The van der Waals surface area contributed by atoms with Gasteiger partial charge in [0.15, 0.2) is 0 Å². The molecule has 3 heterocycles. The minimum atomic E-state index is 0.419. The number of methoxy groups -OCH3 is 1. The van der Waals surface area contributed by atoms with Crippen LogP contribution in [0, 0.1) is 0 Å². The van der Waals surface area contributed by atoms with Crippen molar-refractivity contribution in [3.63, 3.8) is 0 Å². The maximum absolute atomic E-state index is 5.12. The monoisotopic (exact) mass is 349 g/mol. The largest absolute Gasteiger partial charge is 0.384 e. The number of hydrogen-bond acceptors (Lipinski definition) is 6. The van der Waals surface area contributed by atoms with Crippen molar-refractivity contribution in [3.8, 4) is 0 Å². The first-order valence-corrected chi connectivity index (χ1v) is 9.82. The fraction of sp³-hybridized carbons (Fsp3) is 0.529. The van der Waals surface area contributed by atoms with E-state index in [0.29, 0.717) is 12.6 Å². The number of thiophene rings is 1. The molecule has 23 heavy (non-hydrogen) atoms. The molecule has 1 atom stereocenters. The summed E-state index contributed by atoms with van der Waals surface area (Å²) in [6.07, 6.45) is 10.4. The minimum absolute atomic E-state index is 0.419. The summed E-state index contributed by atoms with van der Waals surface area (Å²) in [7, 11) is 1.72. The van der Waals surface area contributed by atoms with E-state index in [1.54, 1.807) is 18.4 Å². The molecule has 2 aromatic heterocycles. The van der Waals surface area contributed by atoms with Gasteiger partial charge in [0.25, 0.3) is 0 Å². The zero-order valence-corrected chi connectivity index (χ0v) is 15.1. The molecule has 4 nitrogen and oxygen atoms in total. The highest BCUT2D eigenvalue weighted by Crippen LogP contribution is 2.27. The third-order valence-corrected chi connectivity index (χ3v) is 5.69. The summed E-state index contributed by atoms with van der Waals surface area (Å²) in [5, 5.41) is 3.18. The average Bonchev–Trinajstić information content (AvgIpc) is 3.19. The van der Waals surface area contributed by atoms with Crippen LogP contribution in [0.5, 0.6) is 0 Å². The first kappa shape index (κ1) is 16.6. The van der Waals surface area contributed by atoms with Crippen LogP contribution in [0.2, 0.25) is 0 Å². The summed E-state index contributed by atoms with van der Waals surface area (Å²) in [4.78, 5) is 8.48. The molecule has 0 saturated carbocycles. The standard InChI is InChI=1S/C17H23N3OS2/c1-21-12-10-16-18-17(23-19-16)20-11-4-2-3-6-14(20)8-9-15-7-5-13-22-15/h5,7-9,13-14H,2-4,6,10-12H2,1H3/b9-8+. The van der Waals surface area contributed by atoms with Crippen LogP contribution < -0.4 is 4.90 Å². The van der Waals surface area contributed by atoms with Gasteiger partial charge in [0, 0.05) is 42.5 Å². The molecule has 1 aliphatic rings. The summed E-state index contributed by atoms with van der Waals surface area (Å²) in [6.45, 7) is 1.75. The normalized spacial score (nSPS) is 19.3. The van der Waals surface area contributed by atoms with Crippen molar-refractivity contribution < 1.29 is 4.74 Å². The molecule has 0 amide bonds.